The van der Waals surface area contributed by atoms with Crippen molar-refractivity contribution in [2.75, 3.05) is 6.54 Å². The van der Waals surface area contributed by atoms with Crippen LogP contribution in [0.4, 0.5) is 0 Å². The van der Waals surface area contributed by atoms with Gasteiger partial charge in [-0.1, -0.05) is 26.0 Å². The first-order valence-electron chi connectivity index (χ1n) is 6.49. The maximum absolute atomic E-state index is 10.2. The molecule has 0 radical (unpaired) electrons. The summed E-state index contributed by atoms with van der Waals surface area (Å²) in [5, 5.41) is 14.8. The van der Waals surface area contributed by atoms with Gasteiger partial charge in [-0.15, -0.1) is 0 Å². The van der Waals surface area contributed by atoms with Crippen molar-refractivity contribution in [2.45, 2.75) is 32.9 Å². The molecule has 1 aromatic heterocycles. The highest BCUT2D eigenvalue weighted by Gasteiger charge is 2.23. The minimum atomic E-state index is -0.661. The SMILES string of the molecule is CC(C)C(C)(O)CNCc1cccc2[nH]ccc12. The molecule has 98 valence electrons. The topological polar surface area (TPSA) is 48.0 Å². The van der Waals surface area contributed by atoms with Crippen molar-refractivity contribution in [3.63, 3.8) is 0 Å². The van der Waals surface area contributed by atoms with Gasteiger partial charge < -0.3 is 15.4 Å². The summed E-state index contributed by atoms with van der Waals surface area (Å²) in [4.78, 5) is 3.21. The minimum Gasteiger partial charge on any atom is -0.389 e. The van der Waals surface area contributed by atoms with Crippen LogP contribution in [0.3, 0.4) is 0 Å². The average Bonchev–Trinajstić information content (AvgIpc) is 2.77. The molecule has 0 saturated carbocycles. The number of benzene rings is 1. The van der Waals surface area contributed by atoms with Crippen LogP contribution in [-0.4, -0.2) is 22.2 Å². The summed E-state index contributed by atoms with van der Waals surface area (Å²) < 4.78 is 0. The first-order chi connectivity index (χ1) is 8.50. The number of hydrogen-bond acceptors (Lipinski definition) is 2. The van der Waals surface area contributed by atoms with Crippen molar-refractivity contribution in [2.24, 2.45) is 5.92 Å². The molecule has 1 unspecified atom stereocenters. The van der Waals surface area contributed by atoms with E-state index < -0.39 is 5.60 Å². The Kier molecular flexibility index (Phi) is 3.73. The van der Waals surface area contributed by atoms with E-state index in [0.29, 0.717) is 6.54 Å². The fourth-order valence-electron chi connectivity index (χ4n) is 1.96. The van der Waals surface area contributed by atoms with Crippen molar-refractivity contribution in [1.82, 2.24) is 10.3 Å². The van der Waals surface area contributed by atoms with Crippen molar-refractivity contribution in [3.05, 3.63) is 36.0 Å². The van der Waals surface area contributed by atoms with E-state index in [9.17, 15) is 5.11 Å². The van der Waals surface area contributed by atoms with Gasteiger partial charge in [0, 0.05) is 30.2 Å². The molecule has 1 heterocycles. The van der Waals surface area contributed by atoms with Gasteiger partial charge in [-0.3, -0.25) is 0 Å². The second-order valence-electron chi connectivity index (χ2n) is 5.47. The Hall–Kier alpha value is -1.32. The lowest BCUT2D eigenvalue weighted by Gasteiger charge is -2.28. The number of fused-ring (bicyclic) bond motifs is 1. The van der Waals surface area contributed by atoms with Gasteiger partial charge in [0.25, 0.3) is 0 Å². The van der Waals surface area contributed by atoms with Crippen LogP contribution < -0.4 is 5.32 Å². The highest BCUT2D eigenvalue weighted by Crippen LogP contribution is 2.18. The monoisotopic (exact) mass is 246 g/mol. The molecule has 0 aliphatic rings. The summed E-state index contributed by atoms with van der Waals surface area (Å²) >= 11 is 0. The molecule has 0 fully saturated rings. The van der Waals surface area contributed by atoms with Crippen molar-refractivity contribution < 1.29 is 5.11 Å². The van der Waals surface area contributed by atoms with Crippen LogP contribution >= 0.6 is 0 Å². The molecular weight excluding hydrogens is 224 g/mol. The normalized spacial score (nSPS) is 15.2. The highest BCUT2D eigenvalue weighted by atomic mass is 16.3. The predicted octanol–water partition coefficient (Wildman–Crippen LogP) is 2.66. The largest absolute Gasteiger partial charge is 0.389 e. The molecule has 3 N–H and O–H groups in total. The third-order valence-electron chi connectivity index (χ3n) is 3.73. The summed E-state index contributed by atoms with van der Waals surface area (Å²) in [5.41, 5.74) is 1.75. The number of nitrogens with one attached hydrogen (secondary N) is 2. The van der Waals surface area contributed by atoms with Crippen molar-refractivity contribution in [1.29, 1.82) is 0 Å². The summed E-state index contributed by atoms with van der Waals surface area (Å²) in [5.74, 6) is 0.244. The quantitative estimate of drug-likeness (QED) is 0.759. The molecule has 3 heteroatoms. The molecular formula is C15H22N2O. The van der Waals surface area contributed by atoms with Gasteiger partial charge in [-0.25, -0.2) is 0 Å². The van der Waals surface area contributed by atoms with Gasteiger partial charge in [0.15, 0.2) is 0 Å². The molecule has 18 heavy (non-hydrogen) atoms. The zero-order valence-electron chi connectivity index (χ0n) is 11.3. The molecule has 0 aliphatic heterocycles. The molecule has 3 nitrogen and oxygen atoms in total. The summed E-state index contributed by atoms with van der Waals surface area (Å²) in [7, 11) is 0. The van der Waals surface area contributed by atoms with E-state index in [1.165, 1.54) is 10.9 Å². The molecule has 0 bridgehead atoms. The van der Waals surface area contributed by atoms with Crippen molar-refractivity contribution in [3.8, 4) is 0 Å². The zero-order valence-corrected chi connectivity index (χ0v) is 11.3. The van der Waals surface area contributed by atoms with E-state index in [2.05, 4.69) is 34.6 Å². The van der Waals surface area contributed by atoms with E-state index >= 15 is 0 Å². The lowest BCUT2D eigenvalue weighted by molar-refractivity contribution is 0.0140. The van der Waals surface area contributed by atoms with E-state index in [1.54, 1.807) is 0 Å². The van der Waals surface area contributed by atoms with E-state index in [1.807, 2.05) is 27.0 Å². The zero-order chi connectivity index (χ0) is 13.2. The number of aromatic nitrogens is 1. The Morgan fingerprint density at radius 2 is 2.11 bits per heavy atom. The maximum Gasteiger partial charge on any atom is 0.0766 e. The summed E-state index contributed by atoms with van der Waals surface area (Å²) in [6.07, 6.45) is 1.96. The minimum absolute atomic E-state index is 0.244. The third-order valence-corrected chi connectivity index (χ3v) is 3.73. The first kappa shape index (κ1) is 13.1. The number of hydrogen-bond donors (Lipinski definition) is 3. The van der Waals surface area contributed by atoms with Crippen LogP contribution in [-0.2, 0) is 6.54 Å². The molecule has 0 aliphatic carbocycles. The van der Waals surface area contributed by atoms with Crippen LogP contribution in [0.2, 0.25) is 0 Å². The molecule has 1 aromatic carbocycles. The first-order valence-corrected chi connectivity index (χ1v) is 6.49. The Balaban J connectivity index is 2.01. The van der Waals surface area contributed by atoms with E-state index in [-0.39, 0.29) is 5.92 Å². The molecule has 0 amide bonds. The fourth-order valence-corrected chi connectivity index (χ4v) is 1.96. The van der Waals surface area contributed by atoms with Crippen LogP contribution in [0, 0.1) is 5.92 Å². The van der Waals surface area contributed by atoms with E-state index in [4.69, 9.17) is 0 Å². The lowest BCUT2D eigenvalue weighted by atomic mass is 9.92. The van der Waals surface area contributed by atoms with Gasteiger partial charge in [-0.05, 0) is 30.5 Å². The number of aliphatic hydroxyl groups is 1. The average molecular weight is 246 g/mol. The second kappa shape index (κ2) is 5.12. The lowest BCUT2D eigenvalue weighted by Crippen LogP contribution is -2.41. The Labute approximate surface area is 108 Å². The number of aromatic amines is 1. The number of rotatable bonds is 5. The maximum atomic E-state index is 10.2. The molecule has 2 aromatic rings. The third kappa shape index (κ3) is 2.74. The van der Waals surface area contributed by atoms with Gasteiger partial charge in [0.2, 0.25) is 0 Å². The Bertz CT molecular complexity index is 514. The van der Waals surface area contributed by atoms with E-state index in [0.717, 1.165) is 12.1 Å². The van der Waals surface area contributed by atoms with Gasteiger partial charge in [0.1, 0.15) is 0 Å². The number of H-pyrrole nitrogens is 1. The predicted molar refractivity (Wildman–Crippen MR) is 75.5 cm³/mol. The van der Waals surface area contributed by atoms with Crippen molar-refractivity contribution >= 4 is 10.9 Å². The molecule has 1 atom stereocenters. The fraction of sp³-hybridized carbons (Fsp3) is 0.467. The smallest absolute Gasteiger partial charge is 0.0766 e. The molecule has 0 saturated heterocycles. The Morgan fingerprint density at radius 1 is 1.33 bits per heavy atom. The van der Waals surface area contributed by atoms with Crippen LogP contribution in [0.15, 0.2) is 30.5 Å². The standard InChI is InChI=1S/C15H22N2O/c1-11(2)15(3,18)10-16-9-12-5-4-6-14-13(12)7-8-17-14/h4-8,11,16-18H,9-10H2,1-3H3. The highest BCUT2D eigenvalue weighted by molar-refractivity contribution is 5.82. The molecule has 0 spiro atoms. The van der Waals surface area contributed by atoms with Gasteiger partial charge in [-0.2, -0.15) is 0 Å². The van der Waals surface area contributed by atoms with Crippen LogP contribution in [0.1, 0.15) is 26.3 Å². The van der Waals surface area contributed by atoms with Crippen LogP contribution in [0.5, 0.6) is 0 Å². The molecule has 2 rings (SSSR count). The van der Waals surface area contributed by atoms with Gasteiger partial charge in [0.05, 0.1) is 5.60 Å². The summed E-state index contributed by atoms with van der Waals surface area (Å²) in [6, 6.07) is 8.33. The van der Waals surface area contributed by atoms with Crippen LogP contribution in [0.25, 0.3) is 10.9 Å². The van der Waals surface area contributed by atoms with Gasteiger partial charge >= 0.3 is 0 Å². The second-order valence-corrected chi connectivity index (χ2v) is 5.47. The Morgan fingerprint density at radius 3 is 2.83 bits per heavy atom. The summed E-state index contributed by atoms with van der Waals surface area (Å²) in [6.45, 7) is 7.33.